The molecular weight excluding hydrogens is 390 g/mol. The summed E-state index contributed by atoms with van der Waals surface area (Å²) in [6, 6.07) is 19.1. The quantitative estimate of drug-likeness (QED) is 0.373. The van der Waals surface area contributed by atoms with Crippen molar-refractivity contribution in [1.29, 1.82) is 0 Å². The molecule has 0 radical (unpaired) electrons. The number of aromatic nitrogens is 3. The van der Waals surface area contributed by atoms with Crippen molar-refractivity contribution < 1.29 is 9.63 Å². The molecule has 7 heteroatoms. The van der Waals surface area contributed by atoms with Gasteiger partial charge in [0, 0.05) is 29.7 Å². The van der Waals surface area contributed by atoms with Crippen molar-refractivity contribution in [2.24, 2.45) is 5.16 Å². The van der Waals surface area contributed by atoms with Crippen LogP contribution in [0.5, 0.6) is 0 Å². The first-order chi connectivity index (χ1) is 15.2. The van der Waals surface area contributed by atoms with Crippen molar-refractivity contribution in [3.8, 4) is 16.9 Å². The second-order valence-corrected chi connectivity index (χ2v) is 6.81. The zero-order chi connectivity index (χ0) is 21.6. The predicted octanol–water partition coefficient (Wildman–Crippen LogP) is 4.56. The molecule has 0 aliphatic rings. The standard InChI is InChI=1S/C24H21N5O2/c1-17(28-31-2)19-9-11-23(29-13-12-25-16-29)22(14-19)27-24(30)20-8-10-21(26-15-20)18-6-4-3-5-7-18/h3-16H,1-2H3,(H,27,30)/b28-17+. The summed E-state index contributed by atoms with van der Waals surface area (Å²) in [5.74, 6) is -0.257. The molecule has 0 saturated heterocycles. The van der Waals surface area contributed by atoms with E-state index in [4.69, 9.17) is 4.84 Å². The normalized spacial score (nSPS) is 11.2. The van der Waals surface area contributed by atoms with Crippen LogP contribution < -0.4 is 5.32 Å². The van der Waals surface area contributed by atoms with Crippen LogP contribution in [0.2, 0.25) is 0 Å². The molecule has 2 heterocycles. The van der Waals surface area contributed by atoms with Crippen LogP contribution in [0.4, 0.5) is 5.69 Å². The summed E-state index contributed by atoms with van der Waals surface area (Å²) in [7, 11) is 1.50. The average Bonchev–Trinajstić information content (AvgIpc) is 3.34. The third kappa shape index (κ3) is 4.51. The van der Waals surface area contributed by atoms with Crippen molar-refractivity contribution in [2.75, 3.05) is 12.4 Å². The molecule has 31 heavy (non-hydrogen) atoms. The van der Waals surface area contributed by atoms with Crippen LogP contribution in [0.3, 0.4) is 0 Å². The summed E-state index contributed by atoms with van der Waals surface area (Å²) < 4.78 is 1.83. The number of amides is 1. The number of imidazole rings is 1. The molecule has 4 aromatic rings. The molecule has 0 aliphatic heterocycles. The fourth-order valence-electron chi connectivity index (χ4n) is 3.18. The number of carbonyl (C=O) groups excluding carboxylic acids is 1. The Hall–Kier alpha value is -4.26. The Labute approximate surface area is 180 Å². The van der Waals surface area contributed by atoms with Crippen LogP contribution in [0.15, 0.2) is 90.7 Å². The van der Waals surface area contributed by atoms with E-state index in [1.807, 2.05) is 72.3 Å². The minimum absolute atomic E-state index is 0.257. The molecule has 2 aromatic heterocycles. The van der Waals surface area contributed by atoms with E-state index in [1.165, 1.54) is 7.11 Å². The molecule has 1 N–H and O–H groups in total. The molecule has 0 atom stereocenters. The molecule has 154 valence electrons. The van der Waals surface area contributed by atoms with Crippen LogP contribution >= 0.6 is 0 Å². The zero-order valence-electron chi connectivity index (χ0n) is 17.2. The highest BCUT2D eigenvalue weighted by Gasteiger charge is 2.13. The number of hydrogen-bond acceptors (Lipinski definition) is 5. The average molecular weight is 411 g/mol. The molecule has 0 saturated carbocycles. The van der Waals surface area contributed by atoms with Crippen LogP contribution in [0, 0.1) is 0 Å². The number of hydrogen-bond donors (Lipinski definition) is 1. The fourth-order valence-corrected chi connectivity index (χ4v) is 3.18. The first kappa shape index (κ1) is 20.0. The van der Waals surface area contributed by atoms with Crippen LogP contribution in [0.1, 0.15) is 22.8 Å². The predicted molar refractivity (Wildman–Crippen MR) is 120 cm³/mol. The maximum absolute atomic E-state index is 13.0. The Morgan fingerprint density at radius 2 is 1.87 bits per heavy atom. The summed E-state index contributed by atoms with van der Waals surface area (Å²) in [6.07, 6.45) is 6.76. The second-order valence-electron chi connectivity index (χ2n) is 6.81. The molecule has 0 spiro atoms. The van der Waals surface area contributed by atoms with E-state index in [0.717, 1.165) is 22.5 Å². The van der Waals surface area contributed by atoms with E-state index in [0.29, 0.717) is 17.0 Å². The van der Waals surface area contributed by atoms with Crippen LogP contribution in [-0.4, -0.2) is 33.3 Å². The van der Waals surface area contributed by atoms with Crippen molar-refractivity contribution in [3.63, 3.8) is 0 Å². The summed E-state index contributed by atoms with van der Waals surface area (Å²) in [6.45, 7) is 1.84. The monoisotopic (exact) mass is 411 g/mol. The number of nitrogens with zero attached hydrogens (tertiary/aromatic N) is 4. The van der Waals surface area contributed by atoms with Gasteiger partial charge in [0.2, 0.25) is 0 Å². The molecule has 0 bridgehead atoms. The molecule has 7 nitrogen and oxygen atoms in total. The van der Waals surface area contributed by atoms with E-state index in [-0.39, 0.29) is 5.91 Å². The van der Waals surface area contributed by atoms with Crippen molar-refractivity contribution in [2.45, 2.75) is 6.92 Å². The Kier molecular flexibility index (Phi) is 5.84. The lowest BCUT2D eigenvalue weighted by Crippen LogP contribution is -2.14. The third-order valence-electron chi connectivity index (χ3n) is 4.77. The van der Waals surface area contributed by atoms with Gasteiger partial charge in [0.25, 0.3) is 5.91 Å². The Bertz CT molecular complexity index is 1200. The molecule has 1 amide bonds. The number of pyridine rings is 1. The Morgan fingerprint density at radius 1 is 1.06 bits per heavy atom. The highest BCUT2D eigenvalue weighted by molar-refractivity contribution is 6.06. The molecule has 4 rings (SSSR count). The van der Waals surface area contributed by atoms with Crippen molar-refractivity contribution in [3.05, 3.63) is 96.7 Å². The summed E-state index contributed by atoms with van der Waals surface area (Å²) in [5, 5.41) is 6.97. The molecule has 0 fully saturated rings. The van der Waals surface area contributed by atoms with Gasteiger partial charge in [-0.15, -0.1) is 0 Å². The largest absolute Gasteiger partial charge is 0.399 e. The molecule has 2 aromatic carbocycles. The summed E-state index contributed by atoms with van der Waals surface area (Å²) in [5.41, 5.74) is 5.21. The van der Waals surface area contributed by atoms with Crippen molar-refractivity contribution >= 4 is 17.3 Å². The first-order valence-electron chi connectivity index (χ1n) is 9.69. The van der Waals surface area contributed by atoms with E-state index >= 15 is 0 Å². The van der Waals surface area contributed by atoms with E-state index in [2.05, 4.69) is 20.4 Å². The maximum atomic E-state index is 13.0. The number of anilines is 1. The number of nitrogens with one attached hydrogen (secondary N) is 1. The lowest BCUT2D eigenvalue weighted by Gasteiger charge is -2.14. The van der Waals surface area contributed by atoms with Gasteiger partial charge in [-0.05, 0) is 31.2 Å². The molecular formula is C24H21N5O2. The van der Waals surface area contributed by atoms with Crippen LogP contribution in [-0.2, 0) is 4.84 Å². The van der Waals surface area contributed by atoms with Gasteiger partial charge in [-0.3, -0.25) is 9.78 Å². The Morgan fingerprint density at radius 3 is 2.55 bits per heavy atom. The van der Waals surface area contributed by atoms with Gasteiger partial charge >= 0.3 is 0 Å². The number of benzene rings is 2. The van der Waals surface area contributed by atoms with Gasteiger partial charge in [-0.2, -0.15) is 0 Å². The van der Waals surface area contributed by atoms with Gasteiger partial charge in [-0.25, -0.2) is 4.98 Å². The Balaban J connectivity index is 1.63. The highest BCUT2D eigenvalue weighted by atomic mass is 16.6. The second kappa shape index (κ2) is 9.04. The van der Waals surface area contributed by atoms with Crippen LogP contribution in [0.25, 0.3) is 16.9 Å². The van der Waals surface area contributed by atoms with Gasteiger partial charge in [-0.1, -0.05) is 41.6 Å². The topological polar surface area (TPSA) is 81.4 Å². The fraction of sp³-hybridized carbons (Fsp3) is 0.0833. The van der Waals surface area contributed by atoms with Gasteiger partial charge < -0.3 is 14.7 Å². The SMILES string of the molecule is CO/N=C(\C)c1ccc(-n2ccnc2)c(NC(=O)c2ccc(-c3ccccc3)nc2)c1. The minimum Gasteiger partial charge on any atom is -0.399 e. The minimum atomic E-state index is -0.257. The smallest absolute Gasteiger partial charge is 0.257 e. The van der Waals surface area contributed by atoms with Gasteiger partial charge in [0.1, 0.15) is 7.11 Å². The highest BCUT2D eigenvalue weighted by Crippen LogP contribution is 2.24. The number of carbonyl (C=O) groups is 1. The van der Waals surface area contributed by atoms with E-state index < -0.39 is 0 Å². The van der Waals surface area contributed by atoms with Crippen molar-refractivity contribution in [1.82, 2.24) is 14.5 Å². The lowest BCUT2D eigenvalue weighted by atomic mass is 10.1. The first-order valence-corrected chi connectivity index (χ1v) is 9.69. The molecule has 0 unspecified atom stereocenters. The van der Waals surface area contributed by atoms with Gasteiger partial charge in [0.05, 0.1) is 34.7 Å². The summed E-state index contributed by atoms with van der Waals surface area (Å²) >= 11 is 0. The molecule has 0 aliphatic carbocycles. The number of oxime groups is 1. The third-order valence-corrected chi connectivity index (χ3v) is 4.77. The van der Waals surface area contributed by atoms with E-state index in [1.54, 1.807) is 24.8 Å². The summed E-state index contributed by atoms with van der Waals surface area (Å²) in [4.78, 5) is 26.4. The zero-order valence-corrected chi connectivity index (χ0v) is 17.2. The number of rotatable bonds is 6. The van der Waals surface area contributed by atoms with Gasteiger partial charge in [0.15, 0.2) is 0 Å². The maximum Gasteiger partial charge on any atom is 0.257 e. The lowest BCUT2D eigenvalue weighted by molar-refractivity contribution is 0.102. The van der Waals surface area contributed by atoms with E-state index in [9.17, 15) is 4.79 Å².